The van der Waals surface area contributed by atoms with Crippen molar-refractivity contribution in [3.05, 3.63) is 24.0 Å². The number of hydrogen-bond acceptors (Lipinski definition) is 4. The number of nitrogens with zero attached hydrogens (tertiary/aromatic N) is 3. The van der Waals surface area contributed by atoms with Crippen LogP contribution in [0, 0.1) is 0 Å². The Bertz CT molecular complexity index is 946. The summed E-state index contributed by atoms with van der Waals surface area (Å²) in [5.41, 5.74) is 1.61. The molecule has 29 heavy (non-hydrogen) atoms. The van der Waals surface area contributed by atoms with E-state index in [2.05, 4.69) is 23.7 Å². The summed E-state index contributed by atoms with van der Waals surface area (Å²) in [6.07, 6.45) is 5.73. The molecule has 1 aliphatic rings. The molecule has 8 heteroatoms. The highest BCUT2D eigenvalue weighted by Gasteiger charge is 2.27. The number of sulfonamides is 1. The number of carbonyl (C=O) groups excluding carboxylic acids is 1. The standard InChI is InChI=1S/C21H32N4O3S/c1-3-5-12-22-21(26)11-10-20-23-18-16-17(8-9-19(18)25(20)13-4-2)29(27,28)24-14-6-7-15-24/h8-9,16H,3-7,10-15H2,1-2H3,(H,22,26). The Hall–Kier alpha value is -1.93. The number of aryl methyl sites for hydroxylation is 2. The summed E-state index contributed by atoms with van der Waals surface area (Å²) in [6.45, 7) is 6.86. The minimum Gasteiger partial charge on any atom is -0.356 e. The Kier molecular flexibility index (Phi) is 7.29. The first-order chi connectivity index (χ1) is 14.0. The molecular formula is C21H32N4O3S. The number of nitrogens with one attached hydrogen (secondary N) is 1. The third-order valence-corrected chi connectivity index (χ3v) is 7.27. The minimum absolute atomic E-state index is 0.0332. The van der Waals surface area contributed by atoms with E-state index in [9.17, 15) is 13.2 Å². The second kappa shape index (κ2) is 9.71. The first-order valence-corrected chi connectivity index (χ1v) is 12.2. The van der Waals surface area contributed by atoms with Crippen LogP contribution in [0.15, 0.2) is 23.1 Å². The first kappa shape index (κ1) is 21.8. The van der Waals surface area contributed by atoms with Gasteiger partial charge in [0, 0.05) is 39.0 Å². The van der Waals surface area contributed by atoms with Gasteiger partial charge in [-0.05, 0) is 43.9 Å². The van der Waals surface area contributed by atoms with Gasteiger partial charge in [0.25, 0.3) is 0 Å². The molecule has 0 aliphatic carbocycles. The number of imidazole rings is 1. The summed E-state index contributed by atoms with van der Waals surface area (Å²) < 4.78 is 29.4. The maximum atomic E-state index is 12.9. The van der Waals surface area contributed by atoms with Gasteiger partial charge in [0.2, 0.25) is 15.9 Å². The highest BCUT2D eigenvalue weighted by molar-refractivity contribution is 7.89. The SMILES string of the molecule is CCCCNC(=O)CCc1nc2cc(S(=O)(=O)N3CCCC3)ccc2n1CCC. The molecule has 0 atom stereocenters. The van der Waals surface area contributed by atoms with Crippen LogP contribution in [-0.2, 0) is 27.8 Å². The first-order valence-electron chi connectivity index (χ1n) is 10.7. The van der Waals surface area contributed by atoms with Crippen molar-refractivity contribution in [2.45, 2.75) is 70.2 Å². The summed E-state index contributed by atoms with van der Waals surface area (Å²) >= 11 is 0. The normalized spacial score (nSPS) is 15.2. The van der Waals surface area contributed by atoms with Crippen molar-refractivity contribution in [1.29, 1.82) is 0 Å². The van der Waals surface area contributed by atoms with Crippen LogP contribution in [0.5, 0.6) is 0 Å². The molecule has 1 aliphatic heterocycles. The van der Waals surface area contributed by atoms with E-state index >= 15 is 0 Å². The number of amides is 1. The van der Waals surface area contributed by atoms with Crippen molar-refractivity contribution < 1.29 is 13.2 Å². The second-order valence-electron chi connectivity index (χ2n) is 7.64. The maximum absolute atomic E-state index is 12.9. The summed E-state index contributed by atoms with van der Waals surface area (Å²) in [5.74, 6) is 0.870. The molecule has 1 N–H and O–H groups in total. The molecule has 1 amide bonds. The van der Waals surface area contributed by atoms with E-state index in [0.29, 0.717) is 42.9 Å². The van der Waals surface area contributed by atoms with Gasteiger partial charge in [-0.3, -0.25) is 4.79 Å². The van der Waals surface area contributed by atoms with Crippen LogP contribution in [0.1, 0.15) is 58.2 Å². The zero-order chi connectivity index (χ0) is 20.9. The highest BCUT2D eigenvalue weighted by Crippen LogP contribution is 2.25. The molecule has 2 heterocycles. The number of hydrogen-bond donors (Lipinski definition) is 1. The van der Waals surface area contributed by atoms with E-state index in [1.807, 2.05) is 6.07 Å². The minimum atomic E-state index is -3.46. The van der Waals surface area contributed by atoms with Gasteiger partial charge in [0.1, 0.15) is 5.82 Å². The lowest BCUT2D eigenvalue weighted by molar-refractivity contribution is -0.121. The summed E-state index contributed by atoms with van der Waals surface area (Å²) in [4.78, 5) is 17.1. The molecule has 0 bridgehead atoms. The summed E-state index contributed by atoms with van der Waals surface area (Å²) in [7, 11) is -3.46. The van der Waals surface area contributed by atoms with Crippen molar-refractivity contribution in [2.75, 3.05) is 19.6 Å². The predicted molar refractivity (Wildman–Crippen MR) is 114 cm³/mol. The number of fused-ring (bicyclic) bond motifs is 1. The van der Waals surface area contributed by atoms with Crippen molar-refractivity contribution in [1.82, 2.24) is 19.2 Å². The van der Waals surface area contributed by atoms with Crippen LogP contribution in [0.4, 0.5) is 0 Å². The number of benzene rings is 1. The number of aromatic nitrogens is 2. The third kappa shape index (κ3) is 4.98. The largest absolute Gasteiger partial charge is 0.356 e. The fourth-order valence-corrected chi connectivity index (χ4v) is 5.32. The highest BCUT2D eigenvalue weighted by atomic mass is 32.2. The van der Waals surface area contributed by atoms with Gasteiger partial charge in [-0.25, -0.2) is 13.4 Å². The van der Waals surface area contributed by atoms with E-state index in [4.69, 9.17) is 4.98 Å². The molecule has 0 spiro atoms. The van der Waals surface area contributed by atoms with E-state index < -0.39 is 10.0 Å². The lowest BCUT2D eigenvalue weighted by Gasteiger charge is -2.15. The van der Waals surface area contributed by atoms with Gasteiger partial charge in [0.05, 0.1) is 15.9 Å². The molecule has 2 aromatic rings. The van der Waals surface area contributed by atoms with Crippen LogP contribution in [0.2, 0.25) is 0 Å². The molecule has 160 valence electrons. The van der Waals surface area contributed by atoms with Gasteiger partial charge in [0.15, 0.2) is 0 Å². The van der Waals surface area contributed by atoms with Crippen molar-refractivity contribution in [2.24, 2.45) is 0 Å². The topological polar surface area (TPSA) is 84.3 Å². The predicted octanol–water partition coefficient (Wildman–Crippen LogP) is 3.08. The zero-order valence-corrected chi connectivity index (χ0v) is 18.3. The second-order valence-corrected chi connectivity index (χ2v) is 9.58. The summed E-state index contributed by atoms with van der Waals surface area (Å²) in [6, 6.07) is 5.22. The number of carbonyl (C=O) groups is 1. The lowest BCUT2D eigenvalue weighted by atomic mass is 10.2. The van der Waals surface area contributed by atoms with Crippen molar-refractivity contribution >= 4 is 27.0 Å². The molecule has 3 rings (SSSR count). The average molecular weight is 421 g/mol. The van der Waals surface area contributed by atoms with E-state index in [-0.39, 0.29) is 5.91 Å². The molecule has 0 radical (unpaired) electrons. The molecule has 7 nitrogen and oxygen atoms in total. The molecule has 1 aromatic carbocycles. The molecule has 0 unspecified atom stereocenters. The fraction of sp³-hybridized carbons (Fsp3) is 0.619. The van der Waals surface area contributed by atoms with E-state index in [1.54, 1.807) is 16.4 Å². The van der Waals surface area contributed by atoms with Crippen molar-refractivity contribution in [3.63, 3.8) is 0 Å². The van der Waals surface area contributed by atoms with Gasteiger partial charge >= 0.3 is 0 Å². The van der Waals surface area contributed by atoms with Crippen molar-refractivity contribution in [3.8, 4) is 0 Å². The lowest BCUT2D eigenvalue weighted by Crippen LogP contribution is -2.27. The molecule has 1 aromatic heterocycles. The maximum Gasteiger partial charge on any atom is 0.243 e. The van der Waals surface area contributed by atoms with Gasteiger partial charge < -0.3 is 9.88 Å². The van der Waals surface area contributed by atoms with E-state index in [0.717, 1.165) is 50.0 Å². The molecule has 0 saturated carbocycles. The Morgan fingerprint density at radius 3 is 2.62 bits per heavy atom. The van der Waals surface area contributed by atoms with Crippen LogP contribution in [0.3, 0.4) is 0 Å². The van der Waals surface area contributed by atoms with Crippen LogP contribution < -0.4 is 5.32 Å². The Labute approximate surface area is 173 Å². The average Bonchev–Trinajstić information content (AvgIpc) is 3.35. The molecule has 1 fully saturated rings. The molecular weight excluding hydrogens is 388 g/mol. The molecule has 1 saturated heterocycles. The third-order valence-electron chi connectivity index (χ3n) is 5.38. The zero-order valence-electron chi connectivity index (χ0n) is 17.5. The van der Waals surface area contributed by atoms with Crippen LogP contribution in [0.25, 0.3) is 11.0 Å². The van der Waals surface area contributed by atoms with Gasteiger partial charge in [-0.2, -0.15) is 4.31 Å². The monoisotopic (exact) mass is 420 g/mol. The number of unbranched alkanes of at least 4 members (excludes halogenated alkanes) is 1. The summed E-state index contributed by atoms with van der Waals surface area (Å²) in [5, 5.41) is 2.94. The Balaban J connectivity index is 1.82. The Morgan fingerprint density at radius 1 is 1.17 bits per heavy atom. The Morgan fingerprint density at radius 2 is 1.93 bits per heavy atom. The quantitative estimate of drug-likeness (QED) is 0.599. The van der Waals surface area contributed by atoms with E-state index in [1.165, 1.54) is 0 Å². The van der Waals surface area contributed by atoms with Gasteiger partial charge in [-0.1, -0.05) is 20.3 Å². The smallest absolute Gasteiger partial charge is 0.243 e. The van der Waals surface area contributed by atoms with Gasteiger partial charge in [-0.15, -0.1) is 0 Å². The number of rotatable bonds is 10. The fourth-order valence-electron chi connectivity index (χ4n) is 3.78. The van der Waals surface area contributed by atoms with Crippen LogP contribution >= 0.6 is 0 Å². The van der Waals surface area contributed by atoms with Crippen LogP contribution in [-0.4, -0.2) is 47.8 Å².